The minimum Gasteiger partial charge on any atom is -0.493 e. The highest BCUT2D eigenvalue weighted by Crippen LogP contribution is 2.34. The molecule has 0 aliphatic carbocycles. The van der Waals surface area contributed by atoms with Gasteiger partial charge in [-0.3, -0.25) is 0 Å². The Bertz CT molecular complexity index is 1010. The van der Waals surface area contributed by atoms with E-state index in [-0.39, 0.29) is 0 Å². The first-order chi connectivity index (χ1) is 14.8. The molecular formula is C22H27N7O. The molecule has 2 aromatic heterocycles. The SMILES string of the molecule is COc1cnc(Nc2cccc(N3CCNCC3)c2)cc1N1CCc2nc[nH]c2C1. The number of hydrogen-bond donors (Lipinski definition) is 3. The molecule has 0 bridgehead atoms. The Balaban J connectivity index is 1.37. The first kappa shape index (κ1) is 18.7. The van der Waals surface area contributed by atoms with Crippen molar-refractivity contribution in [3.05, 3.63) is 54.2 Å². The van der Waals surface area contributed by atoms with Crippen molar-refractivity contribution < 1.29 is 4.74 Å². The topological polar surface area (TPSA) is 81.3 Å². The molecular weight excluding hydrogens is 378 g/mol. The van der Waals surface area contributed by atoms with Crippen molar-refractivity contribution in [3.8, 4) is 5.75 Å². The van der Waals surface area contributed by atoms with Crippen molar-refractivity contribution >= 4 is 22.9 Å². The van der Waals surface area contributed by atoms with Crippen LogP contribution in [0.25, 0.3) is 0 Å². The Hall–Kier alpha value is -3.26. The summed E-state index contributed by atoms with van der Waals surface area (Å²) in [5, 5.41) is 6.87. The number of methoxy groups -OCH3 is 1. The van der Waals surface area contributed by atoms with Gasteiger partial charge in [-0.2, -0.15) is 0 Å². The first-order valence-corrected chi connectivity index (χ1v) is 10.4. The number of anilines is 4. The highest BCUT2D eigenvalue weighted by molar-refractivity contribution is 5.69. The van der Waals surface area contributed by atoms with Crippen LogP contribution in [0.3, 0.4) is 0 Å². The van der Waals surface area contributed by atoms with Gasteiger partial charge in [-0.05, 0) is 18.2 Å². The Morgan fingerprint density at radius 1 is 1.07 bits per heavy atom. The van der Waals surface area contributed by atoms with Crippen LogP contribution in [0.1, 0.15) is 11.4 Å². The Morgan fingerprint density at radius 3 is 2.83 bits per heavy atom. The molecule has 8 nitrogen and oxygen atoms in total. The minimum absolute atomic E-state index is 0.776. The summed E-state index contributed by atoms with van der Waals surface area (Å²) in [6, 6.07) is 10.6. The van der Waals surface area contributed by atoms with Gasteiger partial charge in [0.1, 0.15) is 5.82 Å². The molecule has 0 amide bonds. The summed E-state index contributed by atoms with van der Waals surface area (Å²) in [5.74, 6) is 1.58. The molecule has 0 radical (unpaired) electrons. The smallest absolute Gasteiger partial charge is 0.160 e. The molecule has 0 saturated carbocycles. The van der Waals surface area contributed by atoms with Crippen molar-refractivity contribution in [2.75, 3.05) is 55.0 Å². The fraction of sp³-hybridized carbons (Fsp3) is 0.364. The number of ether oxygens (including phenoxy) is 1. The van der Waals surface area contributed by atoms with Crippen molar-refractivity contribution in [1.82, 2.24) is 20.3 Å². The number of aromatic nitrogens is 3. The van der Waals surface area contributed by atoms with Crippen LogP contribution in [0.2, 0.25) is 0 Å². The maximum Gasteiger partial charge on any atom is 0.160 e. The lowest BCUT2D eigenvalue weighted by atomic mass is 10.1. The van der Waals surface area contributed by atoms with Crippen LogP contribution in [0.15, 0.2) is 42.9 Å². The third-order valence-corrected chi connectivity index (χ3v) is 5.78. The van der Waals surface area contributed by atoms with Gasteiger partial charge >= 0.3 is 0 Å². The predicted octanol–water partition coefficient (Wildman–Crippen LogP) is 2.53. The van der Waals surface area contributed by atoms with E-state index in [2.05, 4.69) is 65.7 Å². The van der Waals surface area contributed by atoms with Crippen LogP contribution in [0, 0.1) is 0 Å². The summed E-state index contributed by atoms with van der Waals surface area (Å²) in [4.78, 5) is 16.9. The molecule has 0 atom stereocenters. The van der Waals surface area contributed by atoms with Crippen LogP contribution in [-0.4, -0.2) is 54.8 Å². The van der Waals surface area contributed by atoms with Gasteiger partial charge in [0.05, 0.1) is 43.3 Å². The Morgan fingerprint density at radius 2 is 1.97 bits per heavy atom. The highest BCUT2D eigenvalue weighted by Gasteiger charge is 2.22. The van der Waals surface area contributed by atoms with Gasteiger partial charge in [-0.15, -0.1) is 0 Å². The lowest BCUT2D eigenvalue weighted by molar-refractivity contribution is 0.412. The van der Waals surface area contributed by atoms with Gasteiger partial charge < -0.3 is 30.2 Å². The monoisotopic (exact) mass is 405 g/mol. The van der Waals surface area contributed by atoms with Crippen LogP contribution < -0.4 is 25.2 Å². The molecule has 0 unspecified atom stereocenters. The van der Waals surface area contributed by atoms with Crippen molar-refractivity contribution in [2.24, 2.45) is 0 Å². The summed E-state index contributed by atoms with van der Waals surface area (Å²) in [7, 11) is 1.69. The Labute approximate surface area is 176 Å². The van der Waals surface area contributed by atoms with Crippen LogP contribution >= 0.6 is 0 Å². The van der Waals surface area contributed by atoms with Crippen molar-refractivity contribution in [3.63, 3.8) is 0 Å². The van der Waals surface area contributed by atoms with Crippen LogP contribution in [-0.2, 0) is 13.0 Å². The number of rotatable bonds is 5. The Kier molecular flexibility index (Phi) is 5.15. The number of aromatic amines is 1. The second-order valence-electron chi connectivity index (χ2n) is 7.65. The largest absolute Gasteiger partial charge is 0.493 e. The zero-order chi connectivity index (χ0) is 20.3. The summed E-state index contributed by atoms with van der Waals surface area (Å²) >= 11 is 0. The molecule has 156 valence electrons. The summed E-state index contributed by atoms with van der Waals surface area (Å²) in [6.07, 6.45) is 4.48. The third kappa shape index (κ3) is 3.78. The van der Waals surface area contributed by atoms with Crippen LogP contribution in [0.5, 0.6) is 5.75 Å². The lowest BCUT2D eigenvalue weighted by Crippen LogP contribution is -2.43. The van der Waals surface area contributed by atoms with E-state index in [1.807, 2.05) is 0 Å². The average molecular weight is 406 g/mol. The third-order valence-electron chi connectivity index (χ3n) is 5.78. The standard InChI is InChI=1S/C22H27N7O/c1-30-21-13-24-22(12-20(21)29-8-5-18-19(14-29)26-15-25-18)27-16-3-2-4-17(11-16)28-9-6-23-7-10-28/h2-4,11-13,15,23H,5-10,14H2,1H3,(H,24,27)(H,25,26). The van der Waals surface area contributed by atoms with E-state index in [4.69, 9.17) is 4.74 Å². The molecule has 3 N–H and O–H groups in total. The number of pyridine rings is 1. The van der Waals surface area contributed by atoms with E-state index in [9.17, 15) is 0 Å². The number of nitrogens with one attached hydrogen (secondary N) is 3. The van der Waals surface area contributed by atoms with E-state index < -0.39 is 0 Å². The molecule has 2 aliphatic heterocycles. The minimum atomic E-state index is 0.776. The number of piperazine rings is 1. The number of nitrogens with zero attached hydrogens (tertiary/aromatic N) is 4. The number of imidazole rings is 1. The summed E-state index contributed by atoms with van der Waals surface area (Å²) < 4.78 is 5.60. The quantitative estimate of drug-likeness (QED) is 0.602. The number of hydrogen-bond acceptors (Lipinski definition) is 7. The fourth-order valence-corrected chi connectivity index (χ4v) is 4.17. The van der Waals surface area contributed by atoms with Gasteiger partial charge in [0.25, 0.3) is 0 Å². The predicted molar refractivity (Wildman–Crippen MR) is 119 cm³/mol. The highest BCUT2D eigenvalue weighted by atomic mass is 16.5. The first-order valence-electron chi connectivity index (χ1n) is 10.4. The number of fused-ring (bicyclic) bond motifs is 1. The van der Waals surface area contributed by atoms with Gasteiger partial charge in [-0.25, -0.2) is 9.97 Å². The molecule has 4 heterocycles. The van der Waals surface area contributed by atoms with E-state index in [1.54, 1.807) is 19.6 Å². The zero-order valence-electron chi connectivity index (χ0n) is 17.2. The molecule has 2 aliphatic rings. The summed E-state index contributed by atoms with van der Waals surface area (Å²) in [5.41, 5.74) is 5.62. The molecule has 1 saturated heterocycles. The van der Waals surface area contributed by atoms with E-state index in [0.717, 1.165) is 74.3 Å². The molecule has 5 rings (SSSR count). The molecule has 1 aromatic carbocycles. The van der Waals surface area contributed by atoms with E-state index in [0.29, 0.717) is 0 Å². The molecule has 1 fully saturated rings. The second-order valence-corrected chi connectivity index (χ2v) is 7.65. The van der Waals surface area contributed by atoms with Crippen molar-refractivity contribution in [1.29, 1.82) is 0 Å². The fourth-order valence-electron chi connectivity index (χ4n) is 4.17. The van der Waals surface area contributed by atoms with Gasteiger partial charge in [0.15, 0.2) is 5.75 Å². The number of H-pyrrole nitrogens is 1. The normalized spacial score (nSPS) is 16.3. The second kappa shape index (κ2) is 8.23. The molecule has 8 heteroatoms. The zero-order valence-corrected chi connectivity index (χ0v) is 17.2. The summed E-state index contributed by atoms with van der Waals surface area (Å²) in [6.45, 7) is 5.78. The molecule has 0 spiro atoms. The maximum absolute atomic E-state index is 5.60. The van der Waals surface area contributed by atoms with Crippen LogP contribution in [0.4, 0.5) is 22.9 Å². The average Bonchev–Trinajstić information content (AvgIpc) is 3.28. The lowest BCUT2D eigenvalue weighted by Gasteiger charge is -2.30. The van der Waals surface area contributed by atoms with Crippen molar-refractivity contribution in [2.45, 2.75) is 13.0 Å². The molecule has 3 aromatic rings. The maximum atomic E-state index is 5.60. The van der Waals surface area contributed by atoms with Gasteiger partial charge in [-0.1, -0.05) is 6.07 Å². The molecule has 30 heavy (non-hydrogen) atoms. The van der Waals surface area contributed by atoms with E-state index in [1.165, 1.54) is 11.4 Å². The van der Waals surface area contributed by atoms with Gasteiger partial charge in [0.2, 0.25) is 0 Å². The van der Waals surface area contributed by atoms with E-state index >= 15 is 0 Å². The number of benzene rings is 1. The van der Waals surface area contributed by atoms with Gasteiger partial charge in [0, 0.05) is 56.6 Å².